The van der Waals surface area contributed by atoms with E-state index in [0.717, 1.165) is 38.9 Å². The Balaban J connectivity index is 1.75. The molecule has 0 radical (unpaired) electrons. The van der Waals surface area contributed by atoms with E-state index in [1.807, 2.05) is 72.8 Å². The van der Waals surface area contributed by atoms with E-state index in [4.69, 9.17) is 16.6 Å². The lowest BCUT2D eigenvalue weighted by Gasteiger charge is -2.21. The summed E-state index contributed by atoms with van der Waals surface area (Å²) in [5, 5.41) is 2.84. The van der Waals surface area contributed by atoms with Gasteiger partial charge in [0.15, 0.2) is 6.04 Å². The maximum absolute atomic E-state index is 13.5. The molecule has 0 saturated heterocycles. The molecule has 5 rings (SSSR count). The maximum atomic E-state index is 13.5. The van der Waals surface area contributed by atoms with Crippen molar-refractivity contribution in [2.24, 2.45) is 4.99 Å². The second kappa shape index (κ2) is 7.43. The number of hydrogen-bond acceptors (Lipinski definition) is 2. The van der Waals surface area contributed by atoms with Crippen LogP contribution in [0.3, 0.4) is 0 Å². The Morgan fingerprint density at radius 1 is 0.833 bits per heavy atom. The molecule has 0 fully saturated rings. The highest BCUT2D eigenvalue weighted by Gasteiger charge is 2.31. The summed E-state index contributed by atoms with van der Waals surface area (Å²) in [7, 11) is 1.80. The van der Waals surface area contributed by atoms with Crippen LogP contribution in [0.1, 0.15) is 22.7 Å². The van der Waals surface area contributed by atoms with E-state index >= 15 is 0 Å². The summed E-state index contributed by atoms with van der Waals surface area (Å²) in [4.78, 5) is 20.2. The van der Waals surface area contributed by atoms with Crippen LogP contribution in [0.5, 0.6) is 0 Å². The van der Waals surface area contributed by atoms with E-state index in [1.165, 1.54) is 0 Å². The largest absolute Gasteiger partial charge is 0.313 e. The van der Waals surface area contributed by atoms with Crippen LogP contribution in [-0.2, 0) is 4.79 Å². The summed E-state index contributed by atoms with van der Waals surface area (Å²) in [6.45, 7) is 0. The van der Waals surface area contributed by atoms with Crippen molar-refractivity contribution in [3.05, 3.63) is 113 Å². The minimum Gasteiger partial charge on any atom is -0.313 e. The molecule has 3 nitrogen and oxygen atoms in total. The molecule has 4 aromatic carbocycles. The van der Waals surface area contributed by atoms with Gasteiger partial charge in [-0.2, -0.15) is 0 Å². The summed E-state index contributed by atoms with van der Waals surface area (Å²) in [6.07, 6.45) is 0. The van der Waals surface area contributed by atoms with Gasteiger partial charge in [0.2, 0.25) is 0 Å². The van der Waals surface area contributed by atoms with Crippen molar-refractivity contribution in [1.29, 1.82) is 0 Å². The molecular formula is C26H19ClN2O. The van der Waals surface area contributed by atoms with Crippen LogP contribution in [-0.4, -0.2) is 18.7 Å². The number of carbonyl (C=O) groups excluding carboxylic acids is 1. The Hall–Kier alpha value is -3.43. The third kappa shape index (κ3) is 3.17. The fourth-order valence-electron chi connectivity index (χ4n) is 3.97. The number of rotatable bonds is 2. The number of anilines is 1. The first-order chi connectivity index (χ1) is 14.6. The Morgan fingerprint density at radius 3 is 2.37 bits per heavy atom. The van der Waals surface area contributed by atoms with Crippen molar-refractivity contribution in [3.8, 4) is 0 Å². The number of amides is 1. The van der Waals surface area contributed by atoms with Crippen molar-refractivity contribution < 1.29 is 4.79 Å². The monoisotopic (exact) mass is 410 g/mol. The van der Waals surface area contributed by atoms with E-state index in [9.17, 15) is 4.79 Å². The first-order valence-electron chi connectivity index (χ1n) is 9.81. The number of benzene rings is 4. The molecule has 0 N–H and O–H groups in total. The molecule has 4 heteroatoms. The molecule has 1 heterocycles. The van der Waals surface area contributed by atoms with Crippen LogP contribution in [0.2, 0.25) is 5.02 Å². The summed E-state index contributed by atoms with van der Waals surface area (Å²) in [5.41, 5.74) is 4.25. The predicted octanol–water partition coefficient (Wildman–Crippen LogP) is 6.05. The molecule has 1 amide bonds. The number of benzodiazepines with no additional fused rings is 1. The average Bonchev–Trinajstić information content (AvgIpc) is 2.89. The number of carbonyl (C=O) groups is 1. The zero-order chi connectivity index (χ0) is 20.7. The Kier molecular flexibility index (Phi) is 4.61. The summed E-state index contributed by atoms with van der Waals surface area (Å²) >= 11 is 6.33. The summed E-state index contributed by atoms with van der Waals surface area (Å²) in [5.74, 6) is -0.0696. The van der Waals surface area contributed by atoms with Crippen LogP contribution >= 0.6 is 11.6 Å². The topological polar surface area (TPSA) is 32.7 Å². The third-order valence-electron chi connectivity index (χ3n) is 5.53. The molecule has 1 aliphatic heterocycles. The van der Waals surface area contributed by atoms with E-state index < -0.39 is 6.04 Å². The number of halogens is 1. The van der Waals surface area contributed by atoms with Gasteiger partial charge < -0.3 is 4.90 Å². The number of likely N-dealkylation sites (N-methyl/N-ethyl adjacent to an activating group) is 1. The minimum atomic E-state index is -0.638. The molecule has 0 spiro atoms. The molecule has 4 aromatic rings. The first-order valence-corrected chi connectivity index (χ1v) is 10.2. The van der Waals surface area contributed by atoms with Crippen molar-refractivity contribution >= 4 is 39.7 Å². The normalized spacial score (nSPS) is 16.2. The van der Waals surface area contributed by atoms with Gasteiger partial charge in [-0.1, -0.05) is 78.3 Å². The average molecular weight is 411 g/mol. The Labute approximate surface area is 180 Å². The fourth-order valence-corrected chi connectivity index (χ4v) is 4.14. The van der Waals surface area contributed by atoms with Gasteiger partial charge in [-0.15, -0.1) is 0 Å². The molecule has 1 unspecified atom stereocenters. The first kappa shape index (κ1) is 18.6. The number of hydrogen-bond donors (Lipinski definition) is 0. The maximum Gasteiger partial charge on any atom is 0.256 e. The third-order valence-corrected chi connectivity index (χ3v) is 5.77. The molecule has 0 aromatic heterocycles. The smallest absolute Gasteiger partial charge is 0.256 e. The van der Waals surface area contributed by atoms with Crippen molar-refractivity contribution in [1.82, 2.24) is 0 Å². The van der Waals surface area contributed by atoms with Gasteiger partial charge in [0.05, 0.1) is 11.4 Å². The fraction of sp³-hybridized carbons (Fsp3) is 0.0769. The Bertz CT molecular complexity index is 1300. The lowest BCUT2D eigenvalue weighted by Crippen LogP contribution is -2.30. The van der Waals surface area contributed by atoms with Crippen LogP contribution in [0, 0.1) is 0 Å². The van der Waals surface area contributed by atoms with Crippen molar-refractivity contribution in [3.63, 3.8) is 0 Å². The molecule has 30 heavy (non-hydrogen) atoms. The van der Waals surface area contributed by atoms with E-state index in [1.54, 1.807) is 11.9 Å². The number of nitrogens with zero attached hydrogens (tertiary/aromatic N) is 2. The molecular weight excluding hydrogens is 392 g/mol. The highest BCUT2D eigenvalue weighted by molar-refractivity contribution is 6.32. The SMILES string of the molecule is CN1C(=O)C(c2ccc3ccccc3c2)N=C(c2ccccc2)c2cc(Cl)ccc21. The van der Waals surface area contributed by atoms with Crippen LogP contribution in [0.4, 0.5) is 5.69 Å². The van der Waals surface area contributed by atoms with Gasteiger partial charge in [0.25, 0.3) is 5.91 Å². The minimum absolute atomic E-state index is 0.0696. The molecule has 1 aliphatic rings. The standard InChI is InChI=1S/C26H19ClN2O/c1-29-23-14-13-21(27)16-22(23)24(18-8-3-2-4-9-18)28-25(26(29)30)20-12-11-17-7-5-6-10-19(17)15-20/h2-16,25H,1H3. The second-order valence-corrected chi connectivity index (χ2v) is 7.85. The van der Waals surface area contributed by atoms with Crippen LogP contribution in [0.15, 0.2) is 96.0 Å². The van der Waals surface area contributed by atoms with Gasteiger partial charge in [0, 0.05) is 23.2 Å². The van der Waals surface area contributed by atoms with Gasteiger partial charge >= 0.3 is 0 Å². The highest BCUT2D eigenvalue weighted by atomic mass is 35.5. The second-order valence-electron chi connectivity index (χ2n) is 7.41. The number of fused-ring (bicyclic) bond motifs is 2. The lowest BCUT2D eigenvalue weighted by atomic mass is 9.99. The van der Waals surface area contributed by atoms with Crippen molar-refractivity contribution in [2.45, 2.75) is 6.04 Å². The van der Waals surface area contributed by atoms with Gasteiger partial charge in [-0.25, -0.2) is 0 Å². The predicted molar refractivity (Wildman–Crippen MR) is 124 cm³/mol. The molecule has 146 valence electrons. The number of aliphatic imine (C=N–C) groups is 1. The van der Waals surface area contributed by atoms with Gasteiger partial charge in [-0.3, -0.25) is 9.79 Å². The van der Waals surface area contributed by atoms with E-state index in [0.29, 0.717) is 5.02 Å². The summed E-state index contributed by atoms with van der Waals surface area (Å²) in [6, 6.07) is 29.1. The zero-order valence-electron chi connectivity index (χ0n) is 16.4. The van der Waals surface area contributed by atoms with Crippen molar-refractivity contribution in [2.75, 3.05) is 11.9 Å². The molecule has 0 aliphatic carbocycles. The highest BCUT2D eigenvalue weighted by Crippen LogP contribution is 2.35. The van der Waals surface area contributed by atoms with E-state index in [2.05, 4.69) is 18.2 Å². The van der Waals surface area contributed by atoms with Crippen LogP contribution < -0.4 is 4.90 Å². The zero-order valence-corrected chi connectivity index (χ0v) is 17.2. The Morgan fingerprint density at radius 2 is 1.57 bits per heavy atom. The molecule has 0 saturated carbocycles. The van der Waals surface area contributed by atoms with Gasteiger partial charge in [-0.05, 0) is 40.6 Å². The molecule has 1 atom stereocenters. The quantitative estimate of drug-likeness (QED) is 0.396. The van der Waals surface area contributed by atoms with Gasteiger partial charge in [0.1, 0.15) is 0 Å². The molecule has 0 bridgehead atoms. The summed E-state index contributed by atoms with van der Waals surface area (Å²) < 4.78 is 0. The lowest BCUT2D eigenvalue weighted by molar-refractivity contribution is -0.119. The van der Waals surface area contributed by atoms with Crippen LogP contribution in [0.25, 0.3) is 10.8 Å². The van der Waals surface area contributed by atoms with E-state index in [-0.39, 0.29) is 5.91 Å².